The first-order chi connectivity index (χ1) is 12.8. The van der Waals surface area contributed by atoms with Crippen LogP contribution in [0.15, 0.2) is 77.7 Å². The molecule has 0 fully saturated rings. The van der Waals surface area contributed by atoms with Gasteiger partial charge in [0.15, 0.2) is 0 Å². The van der Waals surface area contributed by atoms with Gasteiger partial charge in [0.25, 0.3) is 15.9 Å². The minimum Gasteiger partial charge on any atom is -0.322 e. The molecule has 0 bridgehead atoms. The predicted octanol–water partition coefficient (Wildman–Crippen LogP) is 4.48. The molecular formula is C19H14FIN2O3S. The van der Waals surface area contributed by atoms with Crippen molar-refractivity contribution in [2.45, 2.75) is 4.90 Å². The van der Waals surface area contributed by atoms with Crippen LogP contribution in [0.5, 0.6) is 0 Å². The predicted molar refractivity (Wildman–Crippen MR) is 111 cm³/mol. The lowest BCUT2D eigenvalue weighted by molar-refractivity contribution is 0.102. The first kappa shape index (κ1) is 19.3. The molecule has 0 saturated heterocycles. The van der Waals surface area contributed by atoms with Gasteiger partial charge in [-0.3, -0.25) is 9.52 Å². The van der Waals surface area contributed by atoms with Crippen molar-refractivity contribution in [3.63, 3.8) is 0 Å². The highest BCUT2D eigenvalue weighted by Crippen LogP contribution is 2.20. The Hall–Kier alpha value is -2.46. The zero-order valence-corrected chi connectivity index (χ0v) is 16.8. The van der Waals surface area contributed by atoms with Crippen molar-refractivity contribution in [2.24, 2.45) is 0 Å². The molecule has 27 heavy (non-hydrogen) atoms. The van der Waals surface area contributed by atoms with Crippen LogP contribution in [0.2, 0.25) is 0 Å². The van der Waals surface area contributed by atoms with E-state index < -0.39 is 15.8 Å². The molecule has 0 aliphatic rings. The van der Waals surface area contributed by atoms with Gasteiger partial charge < -0.3 is 5.32 Å². The second-order valence-corrected chi connectivity index (χ2v) is 8.42. The summed E-state index contributed by atoms with van der Waals surface area (Å²) in [4.78, 5) is 12.3. The second-order valence-electron chi connectivity index (χ2n) is 5.57. The lowest BCUT2D eigenvalue weighted by Crippen LogP contribution is -2.14. The van der Waals surface area contributed by atoms with E-state index in [9.17, 15) is 17.6 Å². The monoisotopic (exact) mass is 496 g/mol. The molecule has 0 aliphatic carbocycles. The highest BCUT2D eigenvalue weighted by molar-refractivity contribution is 14.1. The van der Waals surface area contributed by atoms with Crippen molar-refractivity contribution < 1.29 is 17.6 Å². The summed E-state index contributed by atoms with van der Waals surface area (Å²) in [5, 5.41) is 2.76. The summed E-state index contributed by atoms with van der Waals surface area (Å²) in [5.41, 5.74) is 1.41. The zero-order chi connectivity index (χ0) is 19.4. The molecule has 3 aromatic rings. The molecule has 138 valence electrons. The molecule has 0 aromatic heterocycles. The number of carbonyl (C=O) groups is 1. The highest BCUT2D eigenvalue weighted by atomic mass is 127. The van der Waals surface area contributed by atoms with Gasteiger partial charge in [0.05, 0.1) is 10.5 Å². The van der Waals surface area contributed by atoms with Crippen LogP contribution in [0.3, 0.4) is 0 Å². The fourth-order valence-electron chi connectivity index (χ4n) is 2.29. The number of carbonyl (C=O) groups excluding carboxylic acids is 1. The fourth-order valence-corrected chi connectivity index (χ4v) is 3.98. The fraction of sp³-hybridized carbons (Fsp3) is 0. The Labute approximate surface area is 169 Å². The summed E-state index contributed by atoms with van der Waals surface area (Å²) >= 11 is 2.08. The Bertz CT molecular complexity index is 1070. The van der Waals surface area contributed by atoms with Crippen LogP contribution < -0.4 is 10.0 Å². The lowest BCUT2D eigenvalue weighted by atomic mass is 10.2. The quantitative estimate of drug-likeness (QED) is 0.512. The van der Waals surface area contributed by atoms with E-state index in [1.165, 1.54) is 24.3 Å². The summed E-state index contributed by atoms with van der Waals surface area (Å²) in [6, 6.07) is 18.0. The highest BCUT2D eigenvalue weighted by Gasteiger charge is 2.14. The maximum Gasteiger partial charge on any atom is 0.261 e. The van der Waals surface area contributed by atoms with Crippen LogP contribution in [-0.4, -0.2) is 14.3 Å². The topological polar surface area (TPSA) is 75.3 Å². The van der Waals surface area contributed by atoms with Crippen molar-refractivity contribution in [3.8, 4) is 0 Å². The molecule has 0 spiro atoms. The van der Waals surface area contributed by atoms with Gasteiger partial charge in [0, 0.05) is 14.9 Å². The van der Waals surface area contributed by atoms with Crippen LogP contribution in [0, 0.1) is 9.39 Å². The van der Waals surface area contributed by atoms with E-state index in [4.69, 9.17) is 0 Å². The number of benzene rings is 3. The van der Waals surface area contributed by atoms with Crippen molar-refractivity contribution in [1.29, 1.82) is 0 Å². The lowest BCUT2D eigenvalue weighted by Gasteiger charge is -2.10. The van der Waals surface area contributed by atoms with E-state index in [0.29, 0.717) is 16.9 Å². The SMILES string of the molecule is O=C(Nc1ccc(NS(=O)(=O)c2ccc(F)cc2)cc1)c1ccccc1I. The van der Waals surface area contributed by atoms with Gasteiger partial charge in [-0.15, -0.1) is 0 Å². The molecule has 3 rings (SSSR count). The van der Waals surface area contributed by atoms with Crippen LogP contribution >= 0.6 is 22.6 Å². The number of halogens is 2. The number of amides is 1. The standard InChI is InChI=1S/C19H14FIN2O3S/c20-13-5-11-16(12-6-13)27(25,26)23-15-9-7-14(8-10-15)22-19(24)17-3-1-2-4-18(17)21/h1-12,23H,(H,22,24). The molecule has 0 radical (unpaired) electrons. The molecule has 0 unspecified atom stereocenters. The molecule has 8 heteroatoms. The summed E-state index contributed by atoms with van der Waals surface area (Å²) in [5.74, 6) is -0.762. The molecule has 0 saturated carbocycles. The van der Waals surface area contributed by atoms with Crippen molar-refractivity contribution in [2.75, 3.05) is 10.0 Å². The summed E-state index contributed by atoms with van der Waals surface area (Å²) in [7, 11) is -3.82. The molecular weight excluding hydrogens is 482 g/mol. The second kappa shape index (κ2) is 8.05. The van der Waals surface area contributed by atoms with E-state index in [-0.39, 0.29) is 10.8 Å². The molecule has 2 N–H and O–H groups in total. The van der Waals surface area contributed by atoms with E-state index in [1.807, 2.05) is 12.1 Å². The van der Waals surface area contributed by atoms with Crippen LogP contribution in [0.4, 0.5) is 15.8 Å². The molecule has 0 atom stereocenters. The van der Waals surface area contributed by atoms with Crippen LogP contribution in [0.25, 0.3) is 0 Å². The number of anilines is 2. The van der Waals surface area contributed by atoms with Gasteiger partial charge in [-0.25, -0.2) is 12.8 Å². The van der Waals surface area contributed by atoms with Crippen LogP contribution in [0.1, 0.15) is 10.4 Å². The number of nitrogens with one attached hydrogen (secondary N) is 2. The third-order valence-corrected chi connectivity index (χ3v) is 5.98. The first-order valence-corrected chi connectivity index (χ1v) is 10.4. The number of rotatable bonds is 5. The van der Waals surface area contributed by atoms with E-state index >= 15 is 0 Å². The minimum atomic E-state index is -3.82. The average molecular weight is 496 g/mol. The average Bonchev–Trinajstić information content (AvgIpc) is 2.64. The number of hydrogen-bond donors (Lipinski definition) is 2. The summed E-state index contributed by atoms with van der Waals surface area (Å²) in [6.07, 6.45) is 0. The van der Waals surface area contributed by atoms with E-state index in [2.05, 4.69) is 32.6 Å². The van der Waals surface area contributed by atoms with E-state index in [0.717, 1.165) is 15.7 Å². The number of hydrogen-bond acceptors (Lipinski definition) is 3. The Morgan fingerprint density at radius 3 is 2.07 bits per heavy atom. The summed E-state index contributed by atoms with van der Waals surface area (Å²) in [6.45, 7) is 0. The Morgan fingerprint density at radius 2 is 1.44 bits per heavy atom. The van der Waals surface area contributed by atoms with Crippen molar-refractivity contribution >= 4 is 49.9 Å². The minimum absolute atomic E-state index is 0.0417. The molecule has 5 nitrogen and oxygen atoms in total. The maximum atomic E-state index is 12.9. The third-order valence-electron chi connectivity index (χ3n) is 3.64. The first-order valence-electron chi connectivity index (χ1n) is 7.79. The largest absolute Gasteiger partial charge is 0.322 e. The van der Waals surface area contributed by atoms with Crippen molar-refractivity contribution in [1.82, 2.24) is 0 Å². The van der Waals surface area contributed by atoms with E-state index in [1.54, 1.807) is 24.3 Å². The van der Waals surface area contributed by atoms with Gasteiger partial charge in [-0.05, 0) is 83.3 Å². The van der Waals surface area contributed by atoms with Gasteiger partial charge in [0.2, 0.25) is 0 Å². The normalized spacial score (nSPS) is 11.0. The van der Waals surface area contributed by atoms with Crippen LogP contribution in [-0.2, 0) is 10.0 Å². The molecule has 0 aliphatic heterocycles. The van der Waals surface area contributed by atoms with Gasteiger partial charge in [0.1, 0.15) is 5.82 Å². The molecule has 3 aromatic carbocycles. The van der Waals surface area contributed by atoms with Crippen molar-refractivity contribution in [3.05, 3.63) is 87.7 Å². The third kappa shape index (κ3) is 4.83. The Morgan fingerprint density at radius 1 is 0.852 bits per heavy atom. The summed E-state index contributed by atoms with van der Waals surface area (Å²) < 4.78 is 40.8. The zero-order valence-electron chi connectivity index (χ0n) is 13.8. The van der Waals surface area contributed by atoms with Gasteiger partial charge >= 0.3 is 0 Å². The molecule has 1 amide bonds. The maximum absolute atomic E-state index is 12.9. The smallest absolute Gasteiger partial charge is 0.261 e. The van der Waals surface area contributed by atoms with Gasteiger partial charge in [-0.1, -0.05) is 12.1 Å². The Kier molecular flexibility index (Phi) is 5.76. The Balaban J connectivity index is 1.71. The number of sulfonamides is 1. The molecule has 0 heterocycles. The van der Waals surface area contributed by atoms with Gasteiger partial charge in [-0.2, -0.15) is 0 Å².